The van der Waals surface area contributed by atoms with Crippen molar-refractivity contribution in [1.29, 1.82) is 0 Å². The summed E-state index contributed by atoms with van der Waals surface area (Å²) in [6, 6.07) is 24.0. The molecular formula is C54H58N10O10S2. The lowest BCUT2D eigenvalue weighted by Crippen LogP contribution is -2.32. The van der Waals surface area contributed by atoms with Crippen molar-refractivity contribution in [3.63, 3.8) is 0 Å². The molecule has 22 heteroatoms. The van der Waals surface area contributed by atoms with E-state index in [1.807, 2.05) is 26.0 Å². The van der Waals surface area contributed by atoms with Crippen LogP contribution in [0.15, 0.2) is 129 Å². The molecular weight excluding hydrogens is 1010 g/mol. The average molecular weight is 1070 g/mol. The molecule has 4 N–H and O–H groups in total. The number of hydrogen-bond donors (Lipinski definition) is 4. The van der Waals surface area contributed by atoms with Crippen LogP contribution in [0.25, 0.3) is 44.1 Å². The summed E-state index contributed by atoms with van der Waals surface area (Å²) >= 11 is 0. The zero-order valence-electron chi connectivity index (χ0n) is 43.5. The Labute approximate surface area is 439 Å². The molecule has 4 aromatic carbocycles. The van der Waals surface area contributed by atoms with Crippen LogP contribution in [0.5, 0.6) is 11.8 Å². The molecule has 0 saturated heterocycles. The topological polar surface area (TPSA) is 265 Å². The lowest BCUT2D eigenvalue weighted by atomic mass is 10.0. The second-order valence-electron chi connectivity index (χ2n) is 18.2. The standard InChI is InChI=1S/2C27H29N5O5S/c2*1-16-6-7-17(2)24(10-16)38(35,36)31-23-12-20(13-29-26(23)37-5)19-8-9-22-21(11-19)27(34)32(15-30-22)14-18(3)25(33)28-4/h2*6-13,15,18,31H,14H2,1-5H3,(H,28,33)/t2*18-/m10/s1. The van der Waals surface area contributed by atoms with Gasteiger partial charge < -0.3 is 20.1 Å². The van der Waals surface area contributed by atoms with Crippen molar-refractivity contribution in [2.24, 2.45) is 11.8 Å². The number of anilines is 2. The zero-order chi connectivity index (χ0) is 55.2. The maximum absolute atomic E-state index is 13.2. The third kappa shape index (κ3) is 12.2. The van der Waals surface area contributed by atoms with E-state index >= 15 is 0 Å². The number of hydrogen-bond acceptors (Lipinski definition) is 14. The van der Waals surface area contributed by atoms with Crippen molar-refractivity contribution in [3.8, 4) is 34.0 Å². The second-order valence-corrected chi connectivity index (χ2v) is 21.5. The van der Waals surface area contributed by atoms with Crippen LogP contribution in [0.1, 0.15) is 36.1 Å². The monoisotopic (exact) mass is 1070 g/mol. The number of ether oxygens (including phenoxy) is 2. The molecule has 0 spiro atoms. The normalized spacial score (nSPS) is 12.2. The van der Waals surface area contributed by atoms with Gasteiger partial charge in [-0.15, -0.1) is 0 Å². The molecule has 2 amide bonds. The van der Waals surface area contributed by atoms with Gasteiger partial charge in [0.15, 0.2) is 0 Å². The summed E-state index contributed by atoms with van der Waals surface area (Å²) in [5, 5.41) is 5.88. The third-order valence-corrected chi connectivity index (χ3v) is 15.5. The third-order valence-electron chi connectivity index (χ3n) is 12.5. The Balaban J connectivity index is 0.000000221. The maximum atomic E-state index is 13.2. The van der Waals surface area contributed by atoms with E-state index in [1.54, 1.807) is 115 Å². The molecule has 0 aliphatic carbocycles. The summed E-state index contributed by atoms with van der Waals surface area (Å²) in [6.45, 7) is 10.9. The Kier molecular flexibility index (Phi) is 16.7. The first kappa shape index (κ1) is 55.3. The van der Waals surface area contributed by atoms with Gasteiger partial charge in [-0.2, -0.15) is 0 Å². The fourth-order valence-electron chi connectivity index (χ4n) is 8.27. The van der Waals surface area contributed by atoms with Crippen LogP contribution in [0.4, 0.5) is 11.4 Å². The van der Waals surface area contributed by atoms with E-state index in [2.05, 4.69) is 40.0 Å². The van der Waals surface area contributed by atoms with Crippen molar-refractivity contribution in [1.82, 2.24) is 39.7 Å². The molecule has 0 aliphatic heterocycles. The number of benzene rings is 4. The lowest BCUT2D eigenvalue weighted by molar-refractivity contribution is -0.125. The minimum absolute atomic E-state index is 0.107. The fourth-order valence-corrected chi connectivity index (χ4v) is 11.0. The van der Waals surface area contributed by atoms with Gasteiger partial charge in [0.25, 0.3) is 31.2 Å². The summed E-state index contributed by atoms with van der Waals surface area (Å²) in [4.78, 5) is 67.9. The minimum Gasteiger partial charge on any atom is -0.480 e. The van der Waals surface area contributed by atoms with Crippen LogP contribution >= 0.6 is 0 Å². The van der Waals surface area contributed by atoms with Gasteiger partial charge in [-0.25, -0.2) is 36.8 Å². The van der Waals surface area contributed by atoms with Gasteiger partial charge in [0.05, 0.1) is 70.3 Å². The molecule has 4 heterocycles. The number of amides is 2. The Hall–Kier alpha value is -8.50. The van der Waals surface area contributed by atoms with E-state index in [4.69, 9.17) is 9.47 Å². The second kappa shape index (κ2) is 22.9. The van der Waals surface area contributed by atoms with E-state index in [0.29, 0.717) is 55.2 Å². The van der Waals surface area contributed by atoms with Gasteiger partial charge in [0.2, 0.25) is 23.6 Å². The van der Waals surface area contributed by atoms with Crippen LogP contribution in [-0.4, -0.2) is 86.0 Å². The minimum atomic E-state index is -3.93. The Morgan fingerprint density at radius 3 is 1.28 bits per heavy atom. The molecule has 0 fully saturated rings. The Bertz CT molecular complexity index is 3650. The number of rotatable bonds is 16. The van der Waals surface area contributed by atoms with Gasteiger partial charge in [-0.1, -0.05) is 50.2 Å². The highest BCUT2D eigenvalue weighted by Gasteiger charge is 2.23. The number of nitrogens with zero attached hydrogens (tertiary/aromatic N) is 6. The van der Waals surface area contributed by atoms with Crippen LogP contribution in [0, 0.1) is 39.5 Å². The number of carbonyl (C=O) groups is 2. The Morgan fingerprint density at radius 2 is 0.921 bits per heavy atom. The summed E-state index contributed by atoms with van der Waals surface area (Å²) in [6.07, 6.45) is 5.94. The predicted octanol–water partition coefficient (Wildman–Crippen LogP) is 6.53. The molecule has 0 aliphatic rings. The van der Waals surface area contributed by atoms with E-state index < -0.39 is 31.9 Å². The summed E-state index contributed by atoms with van der Waals surface area (Å²) < 4.78 is 71.5. The zero-order valence-corrected chi connectivity index (χ0v) is 45.2. The van der Waals surface area contributed by atoms with Gasteiger partial charge in [0, 0.05) is 50.7 Å². The molecule has 396 valence electrons. The van der Waals surface area contributed by atoms with E-state index in [9.17, 15) is 36.0 Å². The molecule has 0 saturated carbocycles. The van der Waals surface area contributed by atoms with Crippen molar-refractivity contribution >= 4 is 65.0 Å². The largest absolute Gasteiger partial charge is 0.480 e. The van der Waals surface area contributed by atoms with Crippen LogP contribution in [0.3, 0.4) is 0 Å². The number of aryl methyl sites for hydroxylation is 4. The molecule has 2 atom stereocenters. The quantitative estimate of drug-likeness (QED) is 0.0802. The van der Waals surface area contributed by atoms with Crippen LogP contribution in [0.2, 0.25) is 0 Å². The van der Waals surface area contributed by atoms with Crippen molar-refractivity contribution in [2.75, 3.05) is 37.8 Å². The van der Waals surface area contributed by atoms with Crippen LogP contribution in [-0.2, 0) is 42.7 Å². The number of fused-ring (bicyclic) bond motifs is 2. The summed E-state index contributed by atoms with van der Waals surface area (Å²) in [5.74, 6) is -0.972. The van der Waals surface area contributed by atoms with Gasteiger partial charge in [-0.3, -0.25) is 37.8 Å². The smallest absolute Gasteiger partial charge is 0.262 e. The molecule has 0 radical (unpaired) electrons. The number of carbonyl (C=O) groups excluding carboxylic acids is 2. The van der Waals surface area contributed by atoms with E-state index in [0.717, 1.165) is 11.1 Å². The number of pyridine rings is 2. The van der Waals surface area contributed by atoms with Crippen LogP contribution < -0.4 is 40.7 Å². The number of aromatic nitrogens is 6. The molecule has 0 bridgehead atoms. The fraction of sp³-hybridized carbons (Fsp3) is 0.259. The number of sulfonamides is 2. The molecule has 4 aromatic heterocycles. The average Bonchev–Trinajstić information content (AvgIpc) is 3.41. The SMILES string of the molecule is CNC(=O)[C@@H](C)Cn1cnc2ccc(-c3cnc(OC)c(NS(=O)(=O)c4cc(C)ccc4C)c3)cc2c1=O.CNC(=O)[C@H](C)Cn1cnc2ccc(-c3cnc(OC)c(NS(=O)(=O)c4cc(C)ccc4C)c3)cc2c1=O. The van der Waals surface area contributed by atoms with Crippen molar-refractivity contribution < 1.29 is 35.9 Å². The summed E-state index contributed by atoms with van der Waals surface area (Å²) in [5.41, 5.74) is 6.00. The maximum Gasteiger partial charge on any atom is 0.262 e. The Morgan fingerprint density at radius 1 is 0.539 bits per heavy atom. The number of methoxy groups -OCH3 is 2. The molecule has 0 unspecified atom stereocenters. The van der Waals surface area contributed by atoms with Crippen molar-refractivity contribution in [3.05, 3.63) is 153 Å². The van der Waals surface area contributed by atoms with Gasteiger partial charge in [0.1, 0.15) is 11.4 Å². The first-order chi connectivity index (χ1) is 36.1. The first-order valence-corrected chi connectivity index (χ1v) is 26.7. The summed E-state index contributed by atoms with van der Waals surface area (Å²) in [7, 11) is -1.96. The predicted molar refractivity (Wildman–Crippen MR) is 291 cm³/mol. The highest BCUT2D eigenvalue weighted by atomic mass is 32.2. The number of nitrogens with one attached hydrogen (secondary N) is 4. The van der Waals surface area contributed by atoms with Gasteiger partial charge >= 0.3 is 0 Å². The lowest BCUT2D eigenvalue weighted by Gasteiger charge is -2.15. The molecule has 8 aromatic rings. The van der Waals surface area contributed by atoms with E-state index in [-0.39, 0.29) is 68.9 Å². The van der Waals surface area contributed by atoms with E-state index in [1.165, 1.54) is 48.4 Å². The van der Waals surface area contributed by atoms with Crippen molar-refractivity contribution in [2.45, 2.75) is 64.4 Å². The first-order valence-electron chi connectivity index (χ1n) is 23.8. The van der Waals surface area contributed by atoms with Gasteiger partial charge in [-0.05, 0) is 110 Å². The molecule has 20 nitrogen and oxygen atoms in total. The molecule has 8 rings (SSSR count). The highest BCUT2D eigenvalue weighted by Crippen LogP contribution is 2.34. The molecule has 76 heavy (non-hydrogen) atoms. The highest BCUT2D eigenvalue weighted by molar-refractivity contribution is 7.93.